The molecule has 94 valence electrons. The highest BCUT2D eigenvalue weighted by Gasteiger charge is 2.50. The molecule has 1 heterocycles. The molecule has 1 atom stereocenters. The third kappa shape index (κ3) is 1.51. The van der Waals surface area contributed by atoms with Crippen LogP contribution in [0.2, 0.25) is 5.02 Å². The zero-order chi connectivity index (χ0) is 12.2. The second-order valence-corrected chi connectivity index (χ2v) is 6.42. The maximum atomic E-state index is 6.27. The van der Waals surface area contributed by atoms with E-state index in [9.17, 15) is 0 Å². The van der Waals surface area contributed by atoms with Gasteiger partial charge in [-0.05, 0) is 54.7 Å². The van der Waals surface area contributed by atoms with Crippen molar-refractivity contribution in [3.8, 4) is 0 Å². The normalized spacial score (nSPS) is 25.7. The Morgan fingerprint density at radius 2 is 2.11 bits per heavy atom. The van der Waals surface area contributed by atoms with Crippen LogP contribution in [0, 0.1) is 5.41 Å². The summed E-state index contributed by atoms with van der Waals surface area (Å²) in [4.78, 5) is 0. The van der Waals surface area contributed by atoms with E-state index >= 15 is 0 Å². The number of aromatic nitrogens is 2. The quantitative estimate of drug-likeness (QED) is 0.794. The molecule has 0 amide bonds. The Labute approximate surface area is 112 Å². The highest BCUT2D eigenvalue weighted by Crippen LogP contribution is 2.63. The van der Waals surface area contributed by atoms with Crippen LogP contribution in [0.5, 0.6) is 0 Å². The summed E-state index contributed by atoms with van der Waals surface area (Å²) in [5.41, 5.74) is 3.12. The first kappa shape index (κ1) is 10.9. The van der Waals surface area contributed by atoms with E-state index in [0.717, 1.165) is 10.5 Å². The molecule has 2 aliphatic carbocycles. The predicted octanol–water partition coefficient (Wildman–Crippen LogP) is 4.65. The molecule has 1 spiro atoms. The molecule has 2 fully saturated rings. The van der Waals surface area contributed by atoms with Crippen LogP contribution in [0.3, 0.4) is 0 Å². The number of rotatable bonds is 1. The molecule has 2 aromatic rings. The summed E-state index contributed by atoms with van der Waals surface area (Å²) in [6.07, 6.45) is 10.3. The smallest absolute Gasteiger partial charge is 0.0668 e. The summed E-state index contributed by atoms with van der Waals surface area (Å²) >= 11 is 6.27. The summed E-state index contributed by atoms with van der Waals surface area (Å²) < 4.78 is 0. The number of halogens is 1. The van der Waals surface area contributed by atoms with Gasteiger partial charge < -0.3 is 0 Å². The minimum atomic E-state index is 0.604. The van der Waals surface area contributed by atoms with Crippen molar-refractivity contribution in [3.05, 3.63) is 28.9 Å². The largest absolute Gasteiger partial charge is 0.278 e. The lowest BCUT2D eigenvalue weighted by Gasteiger charge is -2.32. The highest BCUT2D eigenvalue weighted by molar-refractivity contribution is 6.31. The molecule has 0 radical (unpaired) electrons. The van der Waals surface area contributed by atoms with E-state index in [1.165, 1.54) is 49.5 Å². The first-order valence-electron chi connectivity index (χ1n) is 6.91. The van der Waals surface area contributed by atoms with Crippen molar-refractivity contribution in [2.24, 2.45) is 5.41 Å². The third-order valence-electron chi connectivity index (χ3n) is 4.98. The summed E-state index contributed by atoms with van der Waals surface area (Å²) in [5, 5.41) is 9.35. The van der Waals surface area contributed by atoms with Crippen molar-refractivity contribution in [3.63, 3.8) is 0 Å². The van der Waals surface area contributed by atoms with Gasteiger partial charge in [0.2, 0.25) is 0 Å². The lowest BCUT2D eigenvalue weighted by atomic mass is 9.72. The second-order valence-electron chi connectivity index (χ2n) is 5.99. The standard InChI is InChI=1S/C15H17ClN2/c16-10-7-11(12-9-17-18-14(12)8-10)13-3-1-2-4-15(13)5-6-15/h7-9,13H,1-6H2,(H,17,18)/t13-/m1/s1. The van der Waals surface area contributed by atoms with Gasteiger partial charge in [0.25, 0.3) is 0 Å². The first-order valence-corrected chi connectivity index (χ1v) is 7.29. The van der Waals surface area contributed by atoms with Crippen LogP contribution in [0.4, 0.5) is 0 Å². The van der Waals surface area contributed by atoms with Gasteiger partial charge in [0, 0.05) is 10.4 Å². The SMILES string of the molecule is Clc1cc([C@H]2CCCCC23CC3)c2cn[nH]c2c1. The van der Waals surface area contributed by atoms with E-state index in [4.69, 9.17) is 11.6 Å². The Hall–Kier alpha value is -1.02. The monoisotopic (exact) mass is 260 g/mol. The molecular formula is C15H17ClN2. The fraction of sp³-hybridized carbons (Fsp3) is 0.533. The van der Waals surface area contributed by atoms with Gasteiger partial charge in [-0.1, -0.05) is 24.4 Å². The van der Waals surface area contributed by atoms with Crippen molar-refractivity contribution in [2.45, 2.75) is 44.4 Å². The van der Waals surface area contributed by atoms with Gasteiger partial charge in [-0.3, -0.25) is 5.10 Å². The van der Waals surface area contributed by atoms with E-state index < -0.39 is 0 Å². The molecule has 0 unspecified atom stereocenters. The number of nitrogens with one attached hydrogen (secondary N) is 1. The molecule has 1 N–H and O–H groups in total. The number of nitrogens with zero attached hydrogens (tertiary/aromatic N) is 1. The van der Waals surface area contributed by atoms with Crippen LogP contribution in [-0.4, -0.2) is 10.2 Å². The zero-order valence-corrected chi connectivity index (χ0v) is 11.1. The van der Waals surface area contributed by atoms with Gasteiger partial charge in [0.1, 0.15) is 0 Å². The van der Waals surface area contributed by atoms with Gasteiger partial charge in [0.05, 0.1) is 11.7 Å². The average molecular weight is 261 g/mol. The average Bonchev–Trinajstić information content (AvgIpc) is 2.97. The molecule has 18 heavy (non-hydrogen) atoms. The number of fused-ring (bicyclic) bond motifs is 1. The van der Waals surface area contributed by atoms with Crippen LogP contribution < -0.4 is 0 Å². The van der Waals surface area contributed by atoms with Crippen molar-refractivity contribution >= 4 is 22.5 Å². The Morgan fingerprint density at radius 3 is 2.94 bits per heavy atom. The summed E-state index contributed by atoms with van der Waals surface area (Å²) in [5.74, 6) is 0.699. The van der Waals surface area contributed by atoms with Crippen molar-refractivity contribution in [1.29, 1.82) is 0 Å². The molecule has 1 aromatic heterocycles. The van der Waals surface area contributed by atoms with Gasteiger partial charge in [0.15, 0.2) is 0 Å². The number of hydrogen-bond donors (Lipinski definition) is 1. The molecule has 3 heteroatoms. The lowest BCUT2D eigenvalue weighted by molar-refractivity contribution is 0.285. The Balaban J connectivity index is 1.88. The third-order valence-corrected chi connectivity index (χ3v) is 5.20. The molecule has 4 rings (SSSR count). The lowest BCUT2D eigenvalue weighted by Crippen LogP contribution is -2.19. The van der Waals surface area contributed by atoms with Crippen molar-refractivity contribution in [1.82, 2.24) is 10.2 Å². The Kier molecular flexibility index (Phi) is 2.25. The molecule has 1 aromatic carbocycles. The van der Waals surface area contributed by atoms with Gasteiger partial charge in [-0.25, -0.2) is 0 Å². The fourth-order valence-electron chi connectivity index (χ4n) is 3.88. The van der Waals surface area contributed by atoms with Crippen molar-refractivity contribution < 1.29 is 0 Å². The molecule has 2 aliphatic rings. The minimum absolute atomic E-state index is 0.604. The number of benzene rings is 1. The molecule has 0 bridgehead atoms. The number of hydrogen-bond acceptors (Lipinski definition) is 1. The van der Waals surface area contributed by atoms with Crippen LogP contribution in [0.1, 0.15) is 50.0 Å². The summed E-state index contributed by atoms with van der Waals surface area (Å²) in [6.45, 7) is 0. The topological polar surface area (TPSA) is 28.7 Å². The van der Waals surface area contributed by atoms with Crippen LogP contribution in [0.25, 0.3) is 10.9 Å². The predicted molar refractivity (Wildman–Crippen MR) is 74.0 cm³/mol. The number of aromatic amines is 1. The molecule has 2 nitrogen and oxygen atoms in total. The van der Waals surface area contributed by atoms with E-state index in [2.05, 4.69) is 16.3 Å². The maximum Gasteiger partial charge on any atom is 0.0668 e. The Morgan fingerprint density at radius 1 is 1.22 bits per heavy atom. The van der Waals surface area contributed by atoms with Gasteiger partial charge in [-0.15, -0.1) is 0 Å². The van der Waals surface area contributed by atoms with Crippen LogP contribution >= 0.6 is 11.6 Å². The van der Waals surface area contributed by atoms with E-state index in [1.807, 2.05) is 12.3 Å². The minimum Gasteiger partial charge on any atom is -0.278 e. The molecule has 2 saturated carbocycles. The van der Waals surface area contributed by atoms with Gasteiger partial charge >= 0.3 is 0 Å². The number of H-pyrrole nitrogens is 1. The molecule has 0 saturated heterocycles. The fourth-order valence-corrected chi connectivity index (χ4v) is 4.11. The van der Waals surface area contributed by atoms with E-state index in [0.29, 0.717) is 11.3 Å². The molecular weight excluding hydrogens is 244 g/mol. The van der Waals surface area contributed by atoms with Crippen LogP contribution in [0.15, 0.2) is 18.3 Å². The summed E-state index contributed by atoms with van der Waals surface area (Å²) in [7, 11) is 0. The van der Waals surface area contributed by atoms with E-state index in [-0.39, 0.29) is 0 Å². The Bertz CT molecular complexity index is 598. The molecule has 0 aliphatic heterocycles. The zero-order valence-electron chi connectivity index (χ0n) is 10.4. The van der Waals surface area contributed by atoms with Crippen LogP contribution in [-0.2, 0) is 0 Å². The van der Waals surface area contributed by atoms with Crippen molar-refractivity contribution in [2.75, 3.05) is 0 Å². The second kappa shape index (κ2) is 3.74. The van der Waals surface area contributed by atoms with E-state index in [1.54, 1.807) is 0 Å². The van der Waals surface area contributed by atoms with Gasteiger partial charge in [-0.2, -0.15) is 5.10 Å². The maximum absolute atomic E-state index is 6.27. The first-order chi connectivity index (χ1) is 8.78. The summed E-state index contributed by atoms with van der Waals surface area (Å²) in [6, 6.07) is 4.16. The highest BCUT2D eigenvalue weighted by atomic mass is 35.5.